The summed E-state index contributed by atoms with van der Waals surface area (Å²) in [6, 6.07) is 12.4. The van der Waals surface area contributed by atoms with Crippen LogP contribution in [-0.2, 0) is 11.3 Å². The van der Waals surface area contributed by atoms with Crippen LogP contribution in [0.3, 0.4) is 0 Å². The number of aliphatic hydroxyl groups excluding tert-OH is 1. The number of rotatable bonds is 2. The standard InChI is InChI=1S/C8H10FN.C7H6N2O.C4H9NO.CH2O2/c1-10-6-7-3-2-4-8(9)5-7;1-5-2-3-6-7(4-5)9-10-8-6;6-4-1-2-5-3-4;2-1-3/h2-5,10H,6H2,1H3;2-4H,1H3;4-6H,1-3H2;1H,(H,2,3). The quantitative estimate of drug-likeness (QED) is 0.478. The molecule has 4 N–H and O–H groups in total. The van der Waals surface area contributed by atoms with E-state index in [1.807, 2.05) is 38.2 Å². The molecule has 8 nitrogen and oxygen atoms in total. The maximum atomic E-state index is 12.5. The van der Waals surface area contributed by atoms with Crippen molar-refractivity contribution in [2.75, 3.05) is 20.1 Å². The highest BCUT2D eigenvalue weighted by Gasteiger charge is 2.08. The van der Waals surface area contributed by atoms with E-state index < -0.39 is 0 Å². The third-order valence-electron chi connectivity index (χ3n) is 3.71. The van der Waals surface area contributed by atoms with E-state index in [4.69, 9.17) is 15.0 Å². The van der Waals surface area contributed by atoms with Crippen molar-refractivity contribution in [3.8, 4) is 0 Å². The maximum Gasteiger partial charge on any atom is 0.290 e. The van der Waals surface area contributed by atoms with E-state index in [0.717, 1.165) is 42.7 Å². The van der Waals surface area contributed by atoms with Gasteiger partial charge in [0.2, 0.25) is 0 Å². The van der Waals surface area contributed by atoms with Crippen molar-refractivity contribution in [1.82, 2.24) is 20.9 Å². The summed E-state index contributed by atoms with van der Waals surface area (Å²) in [5.41, 5.74) is 3.77. The number of hydrogen-bond acceptors (Lipinski definition) is 7. The monoisotopic (exact) mass is 406 g/mol. The van der Waals surface area contributed by atoms with Gasteiger partial charge in [-0.05, 0) is 72.6 Å². The van der Waals surface area contributed by atoms with Gasteiger partial charge in [0.1, 0.15) is 16.9 Å². The SMILES string of the molecule is CNCc1cccc(F)c1.Cc1ccc2nonc2c1.O=CO.OC1CCNC1. The van der Waals surface area contributed by atoms with E-state index in [9.17, 15) is 4.39 Å². The summed E-state index contributed by atoms with van der Waals surface area (Å²) in [5, 5.41) is 28.9. The fourth-order valence-electron chi connectivity index (χ4n) is 2.38. The molecule has 0 amide bonds. The summed E-state index contributed by atoms with van der Waals surface area (Å²) in [7, 11) is 1.84. The molecular weight excluding hydrogens is 379 g/mol. The summed E-state index contributed by atoms with van der Waals surface area (Å²) < 4.78 is 17.0. The van der Waals surface area contributed by atoms with Crippen molar-refractivity contribution in [1.29, 1.82) is 0 Å². The van der Waals surface area contributed by atoms with Crippen LogP contribution in [0.1, 0.15) is 17.5 Å². The van der Waals surface area contributed by atoms with Gasteiger partial charge in [-0.25, -0.2) is 9.02 Å². The molecular formula is C20H27FN4O4. The lowest BCUT2D eigenvalue weighted by molar-refractivity contribution is -0.122. The van der Waals surface area contributed by atoms with Gasteiger partial charge in [-0.15, -0.1) is 0 Å². The molecule has 158 valence electrons. The molecule has 1 saturated heterocycles. The van der Waals surface area contributed by atoms with E-state index in [2.05, 4.69) is 25.6 Å². The molecule has 0 bridgehead atoms. The lowest BCUT2D eigenvalue weighted by Gasteiger charge is -1.97. The number of aliphatic hydroxyl groups is 1. The number of aryl methyl sites for hydroxylation is 1. The van der Waals surface area contributed by atoms with Crippen LogP contribution < -0.4 is 10.6 Å². The average molecular weight is 406 g/mol. The molecule has 0 aliphatic carbocycles. The van der Waals surface area contributed by atoms with E-state index >= 15 is 0 Å². The Morgan fingerprint density at radius 1 is 1.28 bits per heavy atom. The van der Waals surface area contributed by atoms with Crippen LogP contribution in [0, 0.1) is 12.7 Å². The predicted molar refractivity (Wildman–Crippen MR) is 108 cm³/mol. The van der Waals surface area contributed by atoms with Gasteiger partial charge >= 0.3 is 0 Å². The van der Waals surface area contributed by atoms with Crippen LogP contribution in [0.4, 0.5) is 4.39 Å². The highest BCUT2D eigenvalue weighted by atomic mass is 19.1. The van der Waals surface area contributed by atoms with Crippen molar-refractivity contribution in [2.24, 2.45) is 0 Å². The van der Waals surface area contributed by atoms with Gasteiger partial charge in [-0.2, -0.15) is 0 Å². The first-order valence-corrected chi connectivity index (χ1v) is 9.04. The summed E-state index contributed by atoms with van der Waals surface area (Å²) in [6.45, 7) is 4.26. The first kappa shape index (κ1) is 24.2. The second kappa shape index (κ2) is 14.2. The number of hydrogen-bond donors (Lipinski definition) is 4. The van der Waals surface area contributed by atoms with Crippen LogP contribution in [-0.4, -0.2) is 53.2 Å². The molecule has 1 atom stereocenters. The number of aromatic nitrogens is 2. The Morgan fingerprint density at radius 2 is 2.00 bits per heavy atom. The number of carbonyl (C=O) groups is 1. The minimum atomic E-state index is -0.250. The summed E-state index contributed by atoms with van der Waals surface area (Å²) in [4.78, 5) is 8.36. The van der Waals surface area contributed by atoms with Crippen LogP contribution in [0.5, 0.6) is 0 Å². The summed E-state index contributed by atoms with van der Waals surface area (Å²) in [6.07, 6.45) is 0.866. The molecule has 2 heterocycles. The van der Waals surface area contributed by atoms with E-state index in [-0.39, 0.29) is 18.4 Å². The molecule has 29 heavy (non-hydrogen) atoms. The molecule has 1 aliphatic rings. The number of carboxylic acid groups (broad SMARTS) is 1. The maximum absolute atomic E-state index is 12.5. The van der Waals surface area contributed by atoms with E-state index in [1.165, 1.54) is 17.7 Å². The minimum absolute atomic E-state index is 0.0648. The van der Waals surface area contributed by atoms with Crippen molar-refractivity contribution in [3.05, 3.63) is 59.4 Å². The topological polar surface area (TPSA) is 121 Å². The molecule has 1 fully saturated rings. The van der Waals surface area contributed by atoms with Gasteiger partial charge < -0.3 is 20.8 Å². The lowest BCUT2D eigenvalue weighted by Crippen LogP contribution is -2.11. The minimum Gasteiger partial charge on any atom is -0.483 e. The molecule has 9 heteroatoms. The van der Waals surface area contributed by atoms with Gasteiger partial charge in [0.05, 0.1) is 6.10 Å². The van der Waals surface area contributed by atoms with E-state index in [1.54, 1.807) is 6.07 Å². The molecule has 0 saturated carbocycles. The zero-order valence-corrected chi connectivity index (χ0v) is 16.5. The van der Waals surface area contributed by atoms with Crippen molar-refractivity contribution in [3.63, 3.8) is 0 Å². The number of fused-ring (bicyclic) bond motifs is 1. The number of nitrogens with one attached hydrogen (secondary N) is 2. The molecule has 0 radical (unpaired) electrons. The predicted octanol–water partition coefficient (Wildman–Crippen LogP) is 2.12. The second-order valence-electron chi connectivity index (χ2n) is 6.17. The molecule has 1 unspecified atom stereocenters. The Morgan fingerprint density at radius 3 is 2.55 bits per heavy atom. The molecule has 1 aromatic heterocycles. The average Bonchev–Trinajstić information content (AvgIpc) is 3.34. The summed E-state index contributed by atoms with van der Waals surface area (Å²) >= 11 is 0. The molecule has 1 aliphatic heterocycles. The summed E-state index contributed by atoms with van der Waals surface area (Å²) in [5.74, 6) is -0.173. The van der Waals surface area contributed by atoms with Crippen LogP contribution in [0.25, 0.3) is 11.0 Å². The van der Waals surface area contributed by atoms with Gasteiger partial charge in [0.15, 0.2) is 0 Å². The third-order valence-corrected chi connectivity index (χ3v) is 3.71. The molecule has 4 rings (SSSR count). The van der Waals surface area contributed by atoms with Crippen LogP contribution in [0.15, 0.2) is 47.1 Å². The highest BCUT2D eigenvalue weighted by Crippen LogP contribution is 2.09. The van der Waals surface area contributed by atoms with Gasteiger partial charge in [0, 0.05) is 13.1 Å². The number of halogens is 1. The fraction of sp³-hybridized carbons (Fsp3) is 0.350. The number of nitrogens with zero attached hydrogens (tertiary/aromatic N) is 2. The lowest BCUT2D eigenvalue weighted by atomic mass is 10.2. The Kier molecular flexibility index (Phi) is 11.8. The van der Waals surface area contributed by atoms with Gasteiger partial charge in [-0.1, -0.05) is 18.2 Å². The third kappa shape index (κ3) is 10.3. The van der Waals surface area contributed by atoms with Crippen LogP contribution >= 0.6 is 0 Å². The Labute approximate surface area is 168 Å². The van der Waals surface area contributed by atoms with E-state index in [0.29, 0.717) is 0 Å². The zero-order valence-electron chi connectivity index (χ0n) is 16.5. The van der Waals surface area contributed by atoms with Crippen LogP contribution in [0.2, 0.25) is 0 Å². The Balaban J connectivity index is 0.000000209. The molecule has 2 aromatic carbocycles. The van der Waals surface area contributed by atoms with Crippen molar-refractivity contribution < 1.29 is 24.0 Å². The Hall–Kier alpha value is -2.88. The van der Waals surface area contributed by atoms with Gasteiger partial charge in [-0.3, -0.25) is 4.79 Å². The Bertz CT molecular complexity index is 838. The molecule has 3 aromatic rings. The van der Waals surface area contributed by atoms with Gasteiger partial charge in [0.25, 0.3) is 6.47 Å². The fourth-order valence-corrected chi connectivity index (χ4v) is 2.38. The van der Waals surface area contributed by atoms with Crippen molar-refractivity contribution >= 4 is 17.5 Å². The van der Waals surface area contributed by atoms with Crippen molar-refractivity contribution in [2.45, 2.75) is 26.0 Å². The first-order valence-electron chi connectivity index (χ1n) is 9.04. The first-order chi connectivity index (χ1) is 14.0. The number of β-amino-alcohol motifs (C(OH)–C–C–N with tert-alkyl or cyclic N) is 1. The highest BCUT2D eigenvalue weighted by molar-refractivity contribution is 5.73. The smallest absolute Gasteiger partial charge is 0.290 e. The molecule has 0 spiro atoms. The zero-order chi connectivity index (χ0) is 21.5. The normalized spacial score (nSPS) is 14.6. The second-order valence-corrected chi connectivity index (χ2v) is 6.17. The largest absolute Gasteiger partial charge is 0.483 e. The number of benzene rings is 2.